The second-order valence-electron chi connectivity index (χ2n) is 6.82. The van der Waals surface area contributed by atoms with E-state index in [1.165, 1.54) is 0 Å². The van der Waals surface area contributed by atoms with Crippen LogP contribution in [-0.4, -0.2) is 58.3 Å². The number of nitrogens with zero attached hydrogens (tertiary/aromatic N) is 2. The molecular weight excluding hydrogens is 200 g/mol. The van der Waals surface area contributed by atoms with Gasteiger partial charge in [-0.1, -0.05) is 0 Å². The van der Waals surface area contributed by atoms with Gasteiger partial charge in [-0.25, -0.2) is 0 Å². The molecule has 16 heavy (non-hydrogen) atoms. The molecule has 0 saturated carbocycles. The number of piperazine rings is 1. The van der Waals surface area contributed by atoms with Crippen LogP contribution in [0.25, 0.3) is 0 Å². The van der Waals surface area contributed by atoms with Gasteiger partial charge in [0.2, 0.25) is 0 Å². The van der Waals surface area contributed by atoms with Gasteiger partial charge in [-0.15, -0.1) is 0 Å². The Labute approximate surface area is 100 Å². The van der Waals surface area contributed by atoms with E-state index in [0.717, 1.165) is 19.6 Å². The average Bonchev–Trinajstić information content (AvgIpc) is 2.14. The van der Waals surface area contributed by atoms with Gasteiger partial charge in [0.1, 0.15) is 0 Å². The first-order chi connectivity index (χ1) is 7.16. The van der Waals surface area contributed by atoms with E-state index in [1.807, 2.05) is 0 Å². The summed E-state index contributed by atoms with van der Waals surface area (Å²) in [7, 11) is 0. The van der Waals surface area contributed by atoms with Crippen molar-refractivity contribution in [1.29, 1.82) is 0 Å². The number of hydrogen-bond donors (Lipinski definition) is 1. The van der Waals surface area contributed by atoms with Crippen molar-refractivity contribution >= 4 is 0 Å². The van der Waals surface area contributed by atoms with E-state index >= 15 is 0 Å². The molecule has 1 rings (SSSR count). The van der Waals surface area contributed by atoms with Crippen molar-refractivity contribution < 1.29 is 5.11 Å². The summed E-state index contributed by atoms with van der Waals surface area (Å²) in [5.74, 6) is 0. The van der Waals surface area contributed by atoms with Gasteiger partial charge >= 0.3 is 0 Å². The molecule has 1 atom stereocenters. The zero-order chi connectivity index (χ0) is 12.6. The molecule has 3 nitrogen and oxygen atoms in total. The molecule has 0 amide bonds. The Bertz CT molecular complexity index is 227. The standard InChI is InChI=1S/C13H28N2O/c1-12(2,3)14-7-8-15(13(4,5)6)11(9-14)10-16/h11,16H,7-10H2,1-6H3/t11-/m1/s1. The Morgan fingerprint density at radius 1 is 1.00 bits per heavy atom. The minimum absolute atomic E-state index is 0.150. The zero-order valence-electron chi connectivity index (χ0n) is 11.7. The van der Waals surface area contributed by atoms with Crippen molar-refractivity contribution in [1.82, 2.24) is 9.80 Å². The Balaban J connectivity index is 2.72. The van der Waals surface area contributed by atoms with Crippen LogP contribution in [0.5, 0.6) is 0 Å². The molecule has 0 spiro atoms. The van der Waals surface area contributed by atoms with Gasteiger partial charge in [-0.05, 0) is 41.5 Å². The minimum Gasteiger partial charge on any atom is -0.395 e. The fourth-order valence-electron chi connectivity index (χ4n) is 2.50. The van der Waals surface area contributed by atoms with Crippen LogP contribution in [0.3, 0.4) is 0 Å². The van der Waals surface area contributed by atoms with Gasteiger partial charge < -0.3 is 5.11 Å². The monoisotopic (exact) mass is 228 g/mol. The molecule has 3 heteroatoms. The van der Waals surface area contributed by atoms with Gasteiger partial charge in [-0.2, -0.15) is 0 Å². The van der Waals surface area contributed by atoms with Crippen molar-refractivity contribution in [2.75, 3.05) is 26.2 Å². The van der Waals surface area contributed by atoms with E-state index in [-0.39, 0.29) is 23.7 Å². The summed E-state index contributed by atoms with van der Waals surface area (Å²) in [6, 6.07) is 0.271. The van der Waals surface area contributed by atoms with Gasteiger partial charge in [0.05, 0.1) is 6.61 Å². The smallest absolute Gasteiger partial charge is 0.0599 e. The van der Waals surface area contributed by atoms with E-state index in [2.05, 4.69) is 51.3 Å². The lowest BCUT2D eigenvalue weighted by Crippen LogP contribution is -2.63. The Kier molecular flexibility index (Phi) is 4.04. The van der Waals surface area contributed by atoms with Gasteiger partial charge in [0.25, 0.3) is 0 Å². The largest absolute Gasteiger partial charge is 0.395 e. The Morgan fingerprint density at radius 2 is 1.56 bits per heavy atom. The third kappa shape index (κ3) is 3.19. The van der Waals surface area contributed by atoms with Crippen LogP contribution in [0.4, 0.5) is 0 Å². The van der Waals surface area contributed by atoms with E-state index in [0.29, 0.717) is 0 Å². The van der Waals surface area contributed by atoms with Crippen molar-refractivity contribution in [3.8, 4) is 0 Å². The van der Waals surface area contributed by atoms with Crippen molar-refractivity contribution in [2.45, 2.75) is 58.7 Å². The number of rotatable bonds is 1. The lowest BCUT2D eigenvalue weighted by molar-refractivity contribution is -0.0401. The fourth-order valence-corrected chi connectivity index (χ4v) is 2.50. The predicted octanol–water partition coefficient (Wildman–Crippen LogP) is 1.56. The Morgan fingerprint density at radius 3 is 1.94 bits per heavy atom. The molecule has 1 aliphatic heterocycles. The van der Waals surface area contributed by atoms with Crippen molar-refractivity contribution in [3.63, 3.8) is 0 Å². The maximum Gasteiger partial charge on any atom is 0.0599 e. The van der Waals surface area contributed by atoms with Crippen LogP contribution in [-0.2, 0) is 0 Å². The molecule has 0 aromatic rings. The lowest BCUT2D eigenvalue weighted by atomic mass is 9.97. The van der Waals surface area contributed by atoms with Crippen LogP contribution in [0.15, 0.2) is 0 Å². The molecule has 1 heterocycles. The van der Waals surface area contributed by atoms with Crippen molar-refractivity contribution in [3.05, 3.63) is 0 Å². The predicted molar refractivity (Wildman–Crippen MR) is 68.7 cm³/mol. The highest BCUT2D eigenvalue weighted by Crippen LogP contribution is 2.24. The van der Waals surface area contributed by atoms with Crippen LogP contribution < -0.4 is 0 Å². The first-order valence-corrected chi connectivity index (χ1v) is 6.29. The van der Waals surface area contributed by atoms with Gasteiger partial charge in [0, 0.05) is 36.8 Å². The average molecular weight is 228 g/mol. The maximum absolute atomic E-state index is 9.54. The maximum atomic E-state index is 9.54. The topological polar surface area (TPSA) is 26.7 Å². The van der Waals surface area contributed by atoms with E-state index < -0.39 is 0 Å². The minimum atomic E-state index is 0.150. The summed E-state index contributed by atoms with van der Waals surface area (Å²) < 4.78 is 0. The molecule has 1 fully saturated rings. The first-order valence-electron chi connectivity index (χ1n) is 6.29. The molecule has 96 valence electrons. The summed E-state index contributed by atoms with van der Waals surface area (Å²) in [6.45, 7) is 16.8. The molecule has 0 aromatic carbocycles. The third-order valence-corrected chi connectivity index (χ3v) is 3.50. The first kappa shape index (κ1) is 13.9. The molecule has 0 aromatic heterocycles. The highest BCUT2D eigenvalue weighted by atomic mass is 16.3. The second-order valence-corrected chi connectivity index (χ2v) is 6.82. The highest BCUT2D eigenvalue weighted by molar-refractivity contribution is 4.92. The SMILES string of the molecule is CC(C)(C)N1CCN(C(C)(C)C)[C@@H](CO)C1. The van der Waals surface area contributed by atoms with Gasteiger partial charge in [0.15, 0.2) is 0 Å². The number of aliphatic hydroxyl groups is 1. The van der Waals surface area contributed by atoms with Crippen LogP contribution in [0.2, 0.25) is 0 Å². The normalized spacial score (nSPS) is 26.1. The zero-order valence-corrected chi connectivity index (χ0v) is 11.7. The van der Waals surface area contributed by atoms with Crippen LogP contribution in [0.1, 0.15) is 41.5 Å². The molecule has 1 saturated heterocycles. The highest BCUT2D eigenvalue weighted by Gasteiger charge is 2.36. The van der Waals surface area contributed by atoms with Crippen molar-refractivity contribution in [2.24, 2.45) is 0 Å². The quantitative estimate of drug-likeness (QED) is 0.738. The summed E-state index contributed by atoms with van der Waals surface area (Å²) in [5, 5.41) is 9.54. The molecular formula is C13H28N2O. The molecule has 0 bridgehead atoms. The summed E-state index contributed by atoms with van der Waals surface area (Å²) in [6.07, 6.45) is 0. The molecule has 0 radical (unpaired) electrons. The van der Waals surface area contributed by atoms with E-state index in [1.54, 1.807) is 0 Å². The molecule has 0 aliphatic carbocycles. The summed E-state index contributed by atoms with van der Waals surface area (Å²) in [4.78, 5) is 4.89. The van der Waals surface area contributed by atoms with E-state index in [4.69, 9.17) is 0 Å². The summed E-state index contributed by atoms with van der Waals surface area (Å²) >= 11 is 0. The van der Waals surface area contributed by atoms with Crippen LogP contribution in [0, 0.1) is 0 Å². The number of hydrogen-bond acceptors (Lipinski definition) is 3. The number of aliphatic hydroxyl groups excluding tert-OH is 1. The second kappa shape index (κ2) is 4.63. The van der Waals surface area contributed by atoms with Gasteiger partial charge in [-0.3, -0.25) is 9.80 Å². The summed E-state index contributed by atoms with van der Waals surface area (Å²) in [5.41, 5.74) is 0.356. The fraction of sp³-hybridized carbons (Fsp3) is 1.00. The van der Waals surface area contributed by atoms with E-state index in [9.17, 15) is 5.11 Å². The molecule has 1 aliphatic rings. The Hall–Kier alpha value is -0.120. The molecule has 1 N–H and O–H groups in total. The third-order valence-electron chi connectivity index (χ3n) is 3.50. The van der Waals surface area contributed by atoms with Crippen LogP contribution >= 0.6 is 0 Å². The molecule has 0 unspecified atom stereocenters. The lowest BCUT2D eigenvalue weighted by Gasteiger charge is -2.50.